The number of rotatable bonds is 6. The number of carbonyl (C=O) groups excluding carboxylic acids is 1. The van der Waals surface area contributed by atoms with E-state index in [4.69, 9.17) is 11.6 Å². The second-order valence-corrected chi connectivity index (χ2v) is 8.88. The Morgan fingerprint density at radius 1 is 1.25 bits per heavy atom. The Morgan fingerprint density at radius 2 is 2.04 bits per heavy atom. The van der Waals surface area contributed by atoms with Gasteiger partial charge in [0.1, 0.15) is 5.82 Å². The molecule has 150 valence electrons. The zero-order valence-electron chi connectivity index (χ0n) is 15.3. The number of amides is 1. The molecular formula is C19H21ClFN3O3S. The smallest absolute Gasteiger partial charge is 0.229 e. The molecule has 1 heterocycles. The lowest BCUT2D eigenvalue weighted by Gasteiger charge is -2.32. The van der Waals surface area contributed by atoms with E-state index in [1.165, 1.54) is 12.1 Å². The van der Waals surface area contributed by atoms with Crippen LogP contribution in [-0.4, -0.2) is 33.7 Å². The number of anilines is 3. The summed E-state index contributed by atoms with van der Waals surface area (Å²) in [5.41, 5.74) is 2.49. The molecule has 9 heteroatoms. The molecule has 1 aliphatic heterocycles. The summed E-state index contributed by atoms with van der Waals surface area (Å²) in [5, 5.41) is 2.82. The van der Waals surface area contributed by atoms with Gasteiger partial charge in [0.05, 0.1) is 17.6 Å². The zero-order valence-corrected chi connectivity index (χ0v) is 16.9. The number of nitrogens with zero attached hydrogens (tertiary/aromatic N) is 1. The third-order valence-electron chi connectivity index (χ3n) is 4.46. The molecule has 0 unspecified atom stereocenters. The molecule has 0 fully saturated rings. The summed E-state index contributed by atoms with van der Waals surface area (Å²) in [7, 11) is -3.37. The van der Waals surface area contributed by atoms with Gasteiger partial charge in [-0.25, -0.2) is 12.8 Å². The van der Waals surface area contributed by atoms with Gasteiger partial charge < -0.3 is 10.2 Å². The normalized spacial score (nSPS) is 13.8. The molecule has 0 atom stereocenters. The summed E-state index contributed by atoms with van der Waals surface area (Å²) >= 11 is 5.71. The Hall–Kier alpha value is -2.32. The van der Waals surface area contributed by atoms with Crippen LogP contribution in [0.3, 0.4) is 0 Å². The van der Waals surface area contributed by atoms with Gasteiger partial charge in [0.15, 0.2) is 0 Å². The summed E-state index contributed by atoms with van der Waals surface area (Å²) in [4.78, 5) is 14.3. The van der Waals surface area contributed by atoms with Crippen LogP contribution < -0.4 is 14.9 Å². The molecule has 1 aliphatic rings. The monoisotopic (exact) mass is 425 g/mol. The molecule has 2 N–H and O–H groups in total. The van der Waals surface area contributed by atoms with Crippen molar-refractivity contribution in [1.29, 1.82) is 0 Å². The van der Waals surface area contributed by atoms with Crippen LogP contribution in [0.4, 0.5) is 21.5 Å². The van der Waals surface area contributed by atoms with Gasteiger partial charge in [0.25, 0.3) is 0 Å². The molecule has 6 nitrogen and oxygen atoms in total. The molecule has 0 spiro atoms. The maximum Gasteiger partial charge on any atom is 0.229 e. The van der Waals surface area contributed by atoms with Gasteiger partial charge in [-0.2, -0.15) is 0 Å². The Morgan fingerprint density at radius 3 is 2.75 bits per heavy atom. The molecule has 0 saturated carbocycles. The van der Waals surface area contributed by atoms with Crippen molar-refractivity contribution in [2.75, 3.05) is 34.3 Å². The van der Waals surface area contributed by atoms with Gasteiger partial charge >= 0.3 is 0 Å². The van der Waals surface area contributed by atoms with Crippen LogP contribution in [-0.2, 0) is 21.2 Å². The summed E-state index contributed by atoms with van der Waals surface area (Å²) < 4.78 is 39.5. The predicted octanol–water partition coefficient (Wildman–Crippen LogP) is 3.63. The average molecular weight is 426 g/mol. The first-order valence-electron chi connectivity index (χ1n) is 8.82. The van der Waals surface area contributed by atoms with Crippen molar-refractivity contribution in [3.05, 3.63) is 52.8 Å². The van der Waals surface area contributed by atoms with E-state index in [1.807, 2.05) is 11.0 Å². The standard InChI is InChI=1S/C19H21ClFN3O3S/c1-28(26,27)23-16-5-2-6-18-14(16)4-3-10-24(18)11-9-19(25)22-17-8-7-13(20)12-15(17)21/h2,5-8,12,23H,3-4,9-11H2,1H3,(H,22,25). The van der Waals surface area contributed by atoms with Crippen molar-refractivity contribution in [2.24, 2.45) is 0 Å². The highest BCUT2D eigenvalue weighted by molar-refractivity contribution is 7.92. The molecule has 0 saturated heterocycles. The second kappa shape index (κ2) is 8.36. The molecule has 2 aromatic rings. The fraction of sp³-hybridized carbons (Fsp3) is 0.316. The van der Waals surface area contributed by atoms with Crippen LogP contribution in [0.1, 0.15) is 18.4 Å². The lowest BCUT2D eigenvalue weighted by molar-refractivity contribution is -0.116. The van der Waals surface area contributed by atoms with Crippen LogP contribution in [0.25, 0.3) is 0 Å². The van der Waals surface area contributed by atoms with E-state index < -0.39 is 15.8 Å². The molecule has 2 aromatic carbocycles. The minimum absolute atomic E-state index is 0.0908. The first kappa shape index (κ1) is 20.4. The van der Waals surface area contributed by atoms with Crippen LogP contribution in [0.2, 0.25) is 5.02 Å². The number of fused-ring (bicyclic) bond motifs is 1. The average Bonchev–Trinajstić information content (AvgIpc) is 2.61. The van der Waals surface area contributed by atoms with Crippen molar-refractivity contribution in [1.82, 2.24) is 0 Å². The Kier molecular flexibility index (Phi) is 6.10. The van der Waals surface area contributed by atoms with E-state index in [0.717, 1.165) is 43.0 Å². The largest absolute Gasteiger partial charge is 0.371 e. The highest BCUT2D eigenvalue weighted by atomic mass is 35.5. The Bertz CT molecular complexity index is 998. The molecule has 0 bridgehead atoms. The van der Waals surface area contributed by atoms with E-state index in [0.29, 0.717) is 12.2 Å². The third-order valence-corrected chi connectivity index (χ3v) is 5.28. The van der Waals surface area contributed by atoms with E-state index >= 15 is 0 Å². The number of halogens is 2. The van der Waals surface area contributed by atoms with Crippen molar-refractivity contribution in [2.45, 2.75) is 19.3 Å². The number of hydrogen-bond acceptors (Lipinski definition) is 4. The quantitative estimate of drug-likeness (QED) is 0.740. The van der Waals surface area contributed by atoms with Gasteiger partial charge in [0, 0.05) is 30.2 Å². The first-order chi connectivity index (χ1) is 13.2. The lowest BCUT2D eigenvalue weighted by atomic mass is 10.00. The molecule has 0 aliphatic carbocycles. The van der Waals surface area contributed by atoms with Crippen LogP contribution in [0, 0.1) is 5.82 Å². The van der Waals surface area contributed by atoms with Gasteiger partial charge in [0.2, 0.25) is 15.9 Å². The van der Waals surface area contributed by atoms with Crippen molar-refractivity contribution in [3.8, 4) is 0 Å². The summed E-state index contributed by atoms with van der Waals surface area (Å²) in [6.45, 7) is 1.20. The fourth-order valence-corrected chi connectivity index (χ4v) is 4.02. The van der Waals surface area contributed by atoms with E-state index in [-0.39, 0.29) is 23.0 Å². The van der Waals surface area contributed by atoms with E-state index in [1.54, 1.807) is 12.1 Å². The lowest BCUT2D eigenvalue weighted by Crippen LogP contribution is -2.33. The minimum Gasteiger partial charge on any atom is -0.371 e. The summed E-state index contributed by atoms with van der Waals surface area (Å²) in [5.74, 6) is -0.889. The van der Waals surface area contributed by atoms with Gasteiger partial charge in [-0.05, 0) is 48.7 Å². The minimum atomic E-state index is -3.37. The number of benzene rings is 2. The van der Waals surface area contributed by atoms with Crippen LogP contribution in [0.5, 0.6) is 0 Å². The number of carbonyl (C=O) groups is 1. The summed E-state index contributed by atoms with van der Waals surface area (Å²) in [6.07, 6.45) is 2.90. The zero-order chi connectivity index (χ0) is 20.3. The second-order valence-electron chi connectivity index (χ2n) is 6.69. The summed E-state index contributed by atoms with van der Waals surface area (Å²) in [6, 6.07) is 9.52. The maximum absolute atomic E-state index is 13.8. The van der Waals surface area contributed by atoms with Gasteiger partial charge in [-0.1, -0.05) is 17.7 Å². The molecular weight excluding hydrogens is 405 g/mol. The SMILES string of the molecule is CS(=O)(=O)Nc1cccc2c1CCCN2CCC(=O)Nc1ccc(Cl)cc1F. The predicted molar refractivity (Wildman–Crippen MR) is 110 cm³/mol. The molecule has 0 aromatic heterocycles. The van der Waals surface area contributed by atoms with Gasteiger partial charge in [-0.15, -0.1) is 0 Å². The topological polar surface area (TPSA) is 78.5 Å². The van der Waals surface area contributed by atoms with Crippen LogP contribution in [0.15, 0.2) is 36.4 Å². The van der Waals surface area contributed by atoms with Crippen molar-refractivity contribution in [3.63, 3.8) is 0 Å². The molecule has 3 rings (SSSR count). The molecule has 0 radical (unpaired) electrons. The molecule has 1 amide bonds. The number of nitrogens with one attached hydrogen (secondary N) is 2. The Balaban J connectivity index is 1.68. The molecule has 28 heavy (non-hydrogen) atoms. The third kappa shape index (κ3) is 5.14. The first-order valence-corrected chi connectivity index (χ1v) is 11.1. The highest BCUT2D eigenvalue weighted by Crippen LogP contribution is 2.33. The van der Waals surface area contributed by atoms with E-state index in [2.05, 4.69) is 10.0 Å². The fourth-order valence-electron chi connectivity index (χ4n) is 3.27. The highest BCUT2D eigenvalue weighted by Gasteiger charge is 2.21. The van der Waals surface area contributed by atoms with Crippen molar-refractivity contribution >= 4 is 44.6 Å². The maximum atomic E-state index is 13.8. The van der Waals surface area contributed by atoms with Gasteiger partial charge in [-0.3, -0.25) is 9.52 Å². The van der Waals surface area contributed by atoms with Crippen LogP contribution >= 0.6 is 11.6 Å². The van der Waals surface area contributed by atoms with E-state index in [9.17, 15) is 17.6 Å². The van der Waals surface area contributed by atoms with Crippen molar-refractivity contribution < 1.29 is 17.6 Å². The number of hydrogen-bond donors (Lipinski definition) is 2. The number of sulfonamides is 1. The Labute approximate surface area is 168 Å².